The number of benzene rings is 9. The molecule has 9 aromatic carbocycles. The van der Waals surface area contributed by atoms with Gasteiger partial charge in [-0.3, -0.25) is 0 Å². The van der Waals surface area contributed by atoms with Crippen LogP contribution in [0.4, 0.5) is 34.1 Å². The minimum Gasteiger partial charge on any atom is -0.456 e. The molecule has 262 valence electrons. The molecule has 0 bridgehead atoms. The first-order valence-corrected chi connectivity index (χ1v) is 18.6. The Hall–Kier alpha value is -7.81. The second-order valence-electron chi connectivity index (χ2n) is 14.1. The summed E-state index contributed by atoms with van der Waals surface area (Å²) in [5, 5.41) is 18.4. The highest BCUT2D eigenvalue weighted by Gasteiger charge is 2.22. The SMILES string of the molecule is N#Cc1c2c(cc3oc4cc5cc(N(c6ccccc6)c6ccccc6)ccc5cc4c13)oc1cc3cc(N(c4ccccc4)c4ccccc4)ccc3cc12. The summed E-state index contributed by atoms with van der Waals surface area (Å²) in [5.74, 6) is 0. The smallest absolute Gasteiger partial charge is 0.140 e. The third-order valence-corrected chi connectivity index (χ3v) is 10.8. The maximum atomic E-state index is 10.8. The molecule has 0 atom stereocenters. The summed E-state index contributed by atoms with van der Waals surface area (Å²) in [6.45, 7) is 0. The molecule has 56 heavy (non-hydrogen) atoms. The predicted octanol–water partition coefficient (Wildman–Crippen LogP) is 14.6. The van der Waals surface area contributed by atoms with Gasteiger partial charge in [0.05, 0.1) is 5.56 Å². The van der Waals surface area contributed by atoms with Gasteiger partial charge in [-0.15, -0.1) is 0 Å². The van der Waals surface area contributed by atoms with Crippen LogP contribution in [0.15, 0.2) is 197 Å². The molecule has 0 unspecified atom stereocenters. The molecule has 0 aliphatic carbocycles. The molecule has 0 amide bonds. The average Bonchev–Trinajstić information content (AvgIpc) is 3.79. The van der Waals surface area contributed by atoms with Crippen molar-refractivity contribution in [3.8, 4) is 6.07 Å². The van der Waals surface area contributed by atoms with Crippen molar-refractivity contribution in [2.75, 3.05) is 9.80 Å². The van der Waals surface area contributed by atoms with Crippen LogP contribution in [-0.2, 0) is 0 Å². The number of furan rings is 2. The molecule has 0 aliphatic rings. The zero-order valence-corrected chi connectivity index (χ0v) is 30.1. The van der Waals surface area contributed by atoms with Gasteiger partial charge in [0.25, 0.3) is 0 Å². The Balaban J connectivity index is 1.05. The second-order valence-corrected chi connectivity index (χ2v) is 14.1. The molecule has 0 saturated carbocycles. The van der Waals surface area contributed by atoms with Crippen LogP contribution in [0.3, 0.4) is 0 Å². The number of nitriles is 1. The van der Waals surface area contributed by atoms with E-state index in [0.717, 1.165) is 88.4 Å². The van der Waals surface area contributed by atoms with E-state index in [4.69, 9.17) is 8.83 Å². The van der Waals surface area contributed by atoms with Gasteiger partial charge in [-0.2, -0.15) is 5.26 Å². The molecule has 0 spiro atoms. The lowest BCUT2D eigenvalue weighted by Gasteiger charge is -2.25. The molecule has 0 aliphatic heterocycles. The fraction of sp³-hybridized carbons (Fsp3) is 0. The molecule has 2 aromatic heterocycles. The summed E-state index contributed by atoms with van der Waals surface area (Å²) in [6, 6.07) is 67.5. The number of anilines is 6. The number of fused-ring (bicyclic) bond motifs is 8. The topological polar surface area (TPSA) is 56.6 Å². The highest BCUT2D eigenvalue weighted by atomic mass is 16.3. The van der Waals surface area contributed by atoms with Crippen LogP contribution in [0.2, 0.25) is 0 Å². The van der Waals surface area contributed by atoms with E-state index in [1.54, 1.807) is 0 Å². The van der Waals surface area contributed by atoms with Crippen LogP contribution < -0.4 is 9.80 Å². The minimum absolute atomic E-state index is 0.556. The molecule has 5 nitrogen and oxygen atoms in total. The van der Waals surface area contributed by atoms with E-state index in [9.17, 15) is 5.26 Å². The highest BCUT2D eigenvalue weighted by Crippen LogP contribution is 2.44. The van der Waals surface area contributed by atoms with Crippen molar-refractivity contribution in [3.63, 3.8) is 0 Å². The number of hydrogen-bond donors (Lipinski definition) is 0. The molecule has 5 heteroatoms. The maximum absolute atomic E-state index is 10.8. The van der Waals surface area contributed by atoms with Gasteiger partial charge in [0.2, 0.25) is 0 Å². The van der Waals surface area contributed by atoms with Crippen molar-refractivity contribution >= 4 is 99.5 Å². The molecule has 0 radical (unpaired) electrons. The first kappa shape index (κ1) is 31.7. The highest BCUT2D eigenvalue weighted by molar-refractivity contribution is 6.22. The molecule has 2 heterocycles. The van der Waals surface area contributed by atoms with Gasteiger partial charge < -0.3 is 18.6 Å². The first-order chi connectivity index (χ1) is 27.7. The predicted molar refractivity (Wildman–Crippen MR) is 230 cm³/mol. The van der Waals surface area contributed by atoms with Crippen molar-refractivity contribution in [3.05, 3.63) is 194 Å². The van der Waals surface area contributed by atoms with E-state index in [0.29, 0.717) is 16.7 Å². The first-order valence-electron chi connectivity index (χ1n) is 18.6. The van der Waals surface area contributed by atoms with E-state index < -0.39 is 0 Å². The summed E-state index contributed by atoms with van der Waals surface area (Å²) in [6.07, 6.45) is 0. The number of rotatable bonds is 6. The van der Waals surface area contributed by atoms with Gasteiger partial charge in [0.1, 0.15) is 28.4 Å². The van der Waals surface area contributed by atoms with Crippen LogP contribution in [0.1, 0.15) is 5.56 Å². The van der Waals surface area contributed by atoms with Gasteiger partial charge >= 0.3 is 0 Å². The molecule has 0 saturated heterocycles. The molecule has 0 N–H and O–H groups in total. The average molecular weight is 718 g/mol. The monoisotopic (exact) mass is 717 g/mol. The minimum atomic E-state index is 0.556. The maximum Gasteiger partial charge on any atom is 0.140 e. The second kappa shape index (κ2) is 12.7. The van der Waals surface area contributed by atoms with Gasteiger partial charge in [0, 0.05) is 61.7 Å². The van der Waals surface area contributed by atoms with Crippen LogP contribution in [0.25, 0.3) is 65.4 Å². The third-order valence-electron chi connectivity index (χ3n) is 10.8. The Labute approximate surface area is 322 Å². The quantitative estimate of drug-likeness (QED) is 0.171. The largest absolute Gasteiger partial charge is 0.456 e. The zero-order chi connectivity index (χ0) is 37.2. The number of nitrogens with zero attached hydrogens (tertiary/aromatic N) is 3. The molecule has 11 rings (SSSR count). The van der Waals surface area contributed by atoms with Crippen LogP contribution in [-0.4, -0.2) is 0 Å². The molecule has 11 aromatic rings. The van der Waals surface area contributed by atoms with Gasteiger partial charge in [-0.05, 0) is 119 Å². The Morgan fingerprint density at radius 3 is 1.07 bits per heavy atom. The Kier molecular flexibility index (Phi) is 7.16. The van der Waals surface area contributed by atoms with Crippen molar-refractivity contribution in [2.24, 2.45) is 0 Å². The van der Waals surface area contributed by atoms with Crippen molar-refractivity contribution < 1.29 is 8.83 Å². The standard InChI is InChI=1S/C51H31N3O2/c52-32-45-50-43-27-33-21-23-41(53(37-13-5-1-6-14-37)38-15-7-2-8-16-38)25-35(33)29-46(43)55-48(50)31-49-51(45)44-28-34-22-24-42(26-36(34)30-47(44)56-49)54(39-17-9-3-10-18-39)40-19-11-4-12-20-40/h1-31H. The lowest BCUT2D eigenvalue weighted by molar-refractivity contribution is 0.656. The fourth-order valence-corrected chi connectivity index (χ4v) is 8.25. The van der Waals surface area contributed by atoms with Gasteiger partial charge in [-0.25, -0.2) is 0 Å². The fourth-order valence-electron chi connectivity index (χ4n) is 8.25. The lowest BCUT2D eigenvalue weighted by atomic mass is 9.98. The normalized spacial score (nSPS) is 11.6. The van der Waals surface area contributed by atoms with Crippen LogP contribution in [0.5, 0.6) is 0 Å². The lowest BCUT2D eigenvalue weighted by Crippen LogP contribution is -2.09. The van der Waals surface area contributed by atoms with Crippen molar-refractivity contribution in [1.29, 1.82) is 5.26 Å². The van der Waals surface area contributed by atoms with Crippen LogP contribution >= 0.6 is 0 Å². The summed E-state index contributed by atoms with van der Waals surface area (Å²) in [5.41, 5.74) is 9.64. The molecule has 0 fully saturated rings. The Morgan fingerprint density at radius 2 is 0.714 bits per heavy atom. The number of para-hydroxylation sites is 4. The van der Waals surface area contributed by atoms with Crippen molar-refractivity contribution in [1.82, 2.24) is 0 Å². The van der Waals surface area contributed by atoms with E-state index in [-0.39, 0.29) is 0 Å². The van der Waals surface area contributed by atoms with Crippen molar-refractivity contribution in [2.45, 2.75) is 0 Å². The van der Waals surface area contributed by atoms with E-state index in [1.807, 2.05) is 30.3 Å². The summed E-state index contributed by atoms with van der Waals surface area (Å²) >= 11 is 0. The molecular weight excluding hydrogens is 687 g/mol. The van der Waals surface area contributed by atoms with E-state index >= 15 is 0 Å². The van der Waals surface area contributed by atoms with E-state index in [1.165, 1.54) is 0 Å². The van der Waals surface area contributed by atoms with Gasteiger partial charge in [-0.1, -0.05) is 84.9 Å². The molecular formula is C51H31N3O2. The van der Waals surface area contributed by atoms with Gasteiger partial charge in [0.15, 0.2) is 0 Å². The summed E-state index contributed by atoms with van der Waals surface area (Å²) in [4.78, 5) is 4.50. The number of hydrogen-bond acceptors (Lipinski definition) is 5. The third kappa shape index (κ3) is 5.09. The van der Waals surface area contributed by atoms with E-state index in [2.05, 4.69) is 174 Å². The van der Waals surface area contributed by atoms with Crippen LogP contribution in [0, 0.1) is 11.3 Å². The Bertz CT molecular complexity index is 3020. The summed E-state index contributed by atoms with van der Waals surface area (Å²) < 4.78 is 13.1. The zero-order valence-electron chi connectivity index (χ0n) is 30.1. The Morgan fingerprint density at radius 1 is 0.339 bits per heavy atom. The summed E-state index contributed by atoms with van der Waals surface area (Å²) in [7, 11) is 0.